The minimum Gasteiger partial charge on any atom is -0.368 e. The van der Waals surface area contributed by atoms with Crippen molar-refractivity contribution < 1.29 is 4.79 Å². The van der Waals surface area contributed by atoms with Crippen LogP contribution in [0.4, 0.5) is 0 Å². The van der Waals surface area contributed by atoms with Crippen molar-refractivity contribution in [3.8, 4) is 0 Å². The number of hydrogen-bond donors (Lipinski definition) is 2. The zero-order valence-electron chi connectivity index (χ0n) is 15.1. The number of rotatable bonds is 5. The maximum atomic E-state index is 11.6. The standard InChI is InChI=1S/C17H29N5OS/c1-5-13-6-7-14(24-13)12-20-16(19-4)21-8-10-22(11-9-21)17(2,3)15(18)23/h6-7H,5,8-12H2,1-4H3,(H2,18,23)(H,19,20). The van der Waals surface area contributed by atoms with Gasteiger partial charge in [-0.25, -0.2) is 0 Å². The maximum absolute atomic E-state index is 11.6. The number of piperazine rings is 1. The van der Waals surface area contributed by atoms with Gasteiger partial charge in [-0.3, -0.25) is 14.7 Å². The normalized spacial score (nSPS) is 17.2. The monoisotopic (exact) mass is 351 g/mol. The molecule has 1 fully saturated rings. The van der Waals surface area contributed by atoms with Crippen molar-refractivity contribution in [3.63, 3.8) is 0 Å². The molecule has 1 aromatic rings. The van der Waals surface area contributed by atoms with Crippen LogP contribution in [0.15, 0.2) is 17.1 Å². The Morgan fingerprint density at radius 3 is 2.42 bits per heavy atom. The molecule has 0 aromatic carbocycles. The van der Waals surface area contributed by atoms with Crippen molar-refractivity contribution >= 4 is 23.2 Å². The van der Waals surface area contributed by atoms with Gasteiger partial charge in [-0.15, -0.1) is 11.3 Å². The summed E-state index contributed by atoms with van der Waals surface area (Å²) < 4.78 is 0. The number of aryl methyl sites for hydroxylation is 1. The number of nitrogens with one attached hydrogen (secondary N) is 1. The molecule has 24 heavy (non-hydrogen) atoms. The van der Waals surface area contributed by atoms with Crippen LogP contribution in [0, 0.1) is 0 Å². The number of thiophene rings is 1. The molecule has 134 valence electrons. The lowest BCUT2D eigenvalue weighted by atomic mass is 10.0. The number of amides is 1. The third kappa shape index (κ3) is 4.27. The molecule has 0 bridgehead atoms. The van der Waals surface area contributed by atoms with Gasteiger partial charge >= 0.3 is 0 Å². The summed E-state index contributed by atoms with van der Waals surface area (Å²) in [6, 6.07) is 4.37. The highest BCUT2D eigenvalue weighted by atomic mass is 32.1. The summed E-state index contributed by atoms with van der Waals surface area (Å²) in [5, 5.41) is 3.45. The fourth-order valence-corrected chi connectivity index (χ4v) is 3.74. The molecule has 0 aliphatic carbocycles. The van der Waals surface area contributed by atoms with Gasteiger partial charge in [0.05, 0.1) is 12.1 Å². The first-order valence-corrected chi connectivity index (χ1v) is 9.28. The number of hydrogen-bond acceptors (Lipinski definition) is 4. The van der Waals surface area contributed by atoms with Gasteiger partial charge in [-0.1, -0.05) is 6.92 Å². The van der Waals surface area contributed by atoms with E-state index in [9.17, 15) is 4.79 Å². The van der Waals surface area contributed by atoms with E-state index < -0.39 is 5.54 Å². The van der Waals surface area contributed by atoms with Gasteiger partial charge in [0.15, 0.2) is 5.96 Å². The lowest BCUT2D eigenvalue weighted by molar-refractivity contribution is -0.129. The number of nitrogens with two attached hydrogens (primary N) is 1. The van der Waals surface area contributed by atoms with Crippen LogP contribution in [0.5, 0.6) is 0 Å². The number of nitrogens with zero attached hydrogens (tertiary/aromatic N) is 3. The third-order valence-electron chi connectivity index (χ3n) is 4.67. The molecule has 2 rings (SSSR count). The molecule has 7 heteroatoms. The average molecular weight is 352 g/mol. The van der Waals surface area contributed by atoms with E-state index >= 15 is 0 Å². The molecule has 0 spiro atoms. The van der Waals surface area contributed by atoms with E-state index in [2.05, 4.69) is 39.2 Å². The second-order valence-electron chi connectivity index (χ2n) is 6.52. The maximum Gasteiger partial charge on any atom is 0.237 e. The molecule has 1 aliphatic rings. The van der Waals surface area contributed by atoms with Gasteiger partial charge in [-0.05, 0) is 32.4 Å². The van der Waals surface area contributed by atoms with Gasteiger partial charge in [0.1, 0.15) is 0 Å². The van der Waals surface area contributed by atoms with Crippen LogP contribution in [0.25, 0.3) is 0 Å². The Morgan fingerprint density at radius 2 is 1.92 bits per heavy atom. The summed E-state index contributed by atoms with van der Waals surface area (Å²) in [6.45, 7) is 10.0. The number of carbonyl (C=O) groups excluding carboxylic acids is 1. The summed E-state index contributed by atoms with van der Waals surface area (Å²) in [5.41, 5.74) is 4.92. The van der Waals surface area contributed by atoms with Crippen LogP contribution < -0.4 is 11.1 Å². The van der Waals surface area contributed by atoms with Gasteiger partial charge in [-0.2, -0.15) is 0 Å². The van der Waals surface area contributed by atoms with Gasteiger partial charge in [0, 0.05) is 43.0 Å². The SMILES string of the molecule is CCc1ccc(CNC(=NC)N2CCN(C(C)(C)C(N)=O)CC2)s1. The van der Waals surface area contributed by atoms with Crippen molar-refractivity contribution in [2.24, 2.45) is 10.7 Å². The predicted molar refractivity (Wildman–Crippen MR) is 100 cm³/mol. The summed E-state index contributed by atoms with van der Waals surface area (Å²) in [6.07, 6.45) is 1.08. The lowest BCUT2D eigenvalue weighted by Gasteiger charge is -2.43. The first-order valence-electron chi connectivity index (χ1n) is 8.46. The largest absolute Gasteiger partial charge is 0.368 e. The molecule has 1 amide bonds. The summed E-state index contributed by atoms with van der Waals surface area (Å²) in [5.74, 6) is 0.640. The average Bonchev–Trinajstić information content (AvgIpc) is 3.04. The molecule has 0 unspecified atom stereocenters. The summed E-state index contributed by atoms with van der Waals surface area (Å²) in [4.78, 5) is 23.1. The van der Waals surface area contributed by atoms with Gasteiger partial charge < -0.3 is 16.0 Å². The molecule has 6 nitrogen and oxygen atoms in total. The zero-order valence-corrected chi connectivity index (χ0v) is 15.9. The third-order valence-corrected chi connectivity index (χ3v) is 5.90. The van der Waals surface area contributed by atoms with Gasteiger partial charge in [0.25, 0.3) is 0 Å². The summed E-state index contributed by atoms with van der Waals surface area (Å²) >= 11 is 1.84. The summed E-state index contributed by atoms with van der Waals surface area (Å²) in [7, 11) is 1.81. The minimum absolute atomic E-state index is 0.275. The Labute approximate surface area is 148 Å². The number of aliphatic imine (C=N–C) groups is 1. The molecule has 1 saturated heterocycles. The molecular formula is C17H29N5OS. The van der Waals surface area contributed by atoms with Crippen LogP contribution in [0.1, 0.15) is 30.5 Å². The van der Waals surface area contributed by atoms with E-state index in [1.807, 2.05) is 32.2 Å². The Morgan fingerprint density at radius 1 is 1.29 bits per heavy atom. The highest BCUT2D eigenvalue weighted by Gasteiger charge is 2.35. The molecule has 3 N–H and O–H groups in total. The van der Waals surface area contributed by atoms with Crippen LogP contribution in [-0.2, 0) is 17.8 Å². The molecule has 1 aromatic heterocycles. The molecule has 1 aliphatic heterocycles. The van der Waals surface area contributed by atoms with Crippen LogP contribution >= 0.6 is 11.3 Å². The van der Waals surface area contributed by atoms with E-state index in [-0.39, 0.29) is 5.91 Å². The van der Waals surface area contributed by atoms with Crippen molar-refractivity contribution in [1.29, 1.82) is 0 Å². The molecule has 0 radical (unpaired) electrons. The number of primary amides is 1. The highest BCUT2D eigenvalue weighted by Crippen LogP contribution is 2.18. The molecular weight excluding hydrogens is 322 g/mol. The zero-order chi connectivity index (χ0) is 17.7. The van der Waals surface area contributed by atoms with E-state index in [0.29, 0.717) is 0 Å². The van der Waals surface area contributed by atoms with Crippen LogP contribution in [0.3, 0.4) is 0 Å². The number of guanidine groups is 1. The van der Waals surface area contributed by atoms with E-state index in [1.54, 1.807) is 0 Å². The lowest BCUT2D eigenvalue weighted by Crippen LogP contribution is -2.61. The second-order valence-corrected chi connectivity index (χ2v) is 7.77. The Kier molecular flexibility index (Phi) is 6.23. The number of carbonyl (C=O) groups is 1. The Hall–Kier alpha value is -1.60. The van der Waals surface area contributed by atoms with Crippen LogP contribution in [0.2, 0.25) is 0 Å². The molecule has 2 heterocycles. The van der Waals surface area contributed by atoms with E-state index in [0.717, 1.165) is 45.1 Å². The Balaban J connectivity index is 1.88. The van der Waals surface area contributed by atoms with Crippen molar-refractivity contribution in [1.82, 2.24) is 15.1 Å². The van der Waals surface area contributed by atoms with Crippen molar-refractivity contribution in [2.45, 2.75) is 39.3 Å². The van der Waals surface area contributed by atoms with Crippen molar-refractivity contribution in [2.75, 3.05) is 33.2 Å². The topological polar surface area (TPSA) is 74.0 Å². The van der Waals surface area contributed by atoms with Gasteiger partial charge in [0.2, 0.25) is 5.91 Å². The van der Waals surface area contributed by atoms with Crippen LogP contribution in [-0.4, -0.2) is 60.4 Å². The first kappa shape index (κ1) is 18.7. The fraction of sp³-hybridized carbons (Fsp3) is 0.647. The first-order chi connectivity index (χ1) is 11.4. The Bertz CT molecular complexity index is 588. The van der Waals surface area contributed by atoms with E-state index in [1.165, 1.54) is 9.75 Å². The highest BCUT2D eigenvalue weighted by molar-refractivity contribution is 7.11. The molecule has 0 atom stereocenters. The minimum atomic E-state index is -0.601. The van der Waals surface area contributed by atoms with Crippen molar-refractivity contribution in [3.05, 3.63) is 21.9 Å². The quantitative estimate of drug-likeness (QED) is 0.619. The fourth-order valence-electron chi connectivity index (χ4n) is 2.84. The van der Waals surface area contributed by atoms with E-state index in [4.69, 9.17) is 5.73 Å². The second kappa shape index (κ2) is 7.98. The smallest absolute Gasteiger partial charge is 0.237 e. The molecule has 0 saturated carbocycles. The predicted octanol–water partition coefficient (Wildman–Crippen LogP) is 1.27.